The van der Waals surface area contributed by atoms with Crippen molar-refractivity contribution in [3.8, 4) is 0 Å². The van der Waals surface area contributed by atoms with E-state index in [0.717, 1.165) is 6.07 Å². The molecule has 0 spiro atoms. The summed E-state index contributed by atoms with van der Waals surface area (Å²) in [4.78, 5) is 22.4. The van der Waals surface area contributed by atoms with Crippen molar-refractivity contribution in [3.63, 3.8) is 0 Å². The van der Waals surface area contributed by atoms with E-state index in [0.29, 0.717) is 5.56 Å². The maximum Gasteiger partial charge on any atom is 0.293 e. The molecule has 0 heterocycles. The summed E-state index contributed by atoms with van der Waals surface area (Å²) in [5.74, 6) is -1.43. The van der Waals surface area contributed by atoms with Crippen LogP contribution in [0.15, 0.2) is 36.4 Å². The average molecular weight is 289 g/mol. The van der Waals surface area contributed by atoms with Crippen LogP contribution in [0, 0.1) is 22.9 Å². The Labute approximate surface area is 119 Å². The number of nitrogen functional groups attached to an aromatic ring is 1. The van der Waals surface area contributed by atoms with Crippen LogP contribution in [-0.2, 0) is 0 Å². The fourth-order valence-corrected chi connectivity index (χ4v) is 1.82. The Morgan fingerprint density at radius 2 is 2.05 bits per heavy atom. The first-order valence-corrected chi connectivity index (χ1v) is 6.00. The summed E-state index contributed by atoms with van der Waals surface area (Å²) < 4.78 is 13.3. The molecule has 2 aromatic rings. The Bertz CT molecular complexity index is 731. The molecule has 0 atom stereocenters. The molecule has 3 N–H and O–H groups in total. The summed E-state index contributed by atoms with van der Waals surface area (Å²) in [6.07, 6.45) is 0. The zero-order valence-corrected chi connectivity index (χ0v) is 11.1. The number of carbonyl (C=O) groups is 1. The van der Waals surface area contributed by atoms with Crippen LogP contribution in [0.25, 0.3) is 0 Å². The minimum atomic E-state index is -0.721. The number of nitrogens with one attached hydrogen (secondary N) is 1. The van der Waals surface area contributed by atoms with Gasteiger partial charge in [0.05, 0.1) is 16.2 Å². The number of benzene rings is 2. The Hall–Kier alpha value is -2.96. The Morgan fingerprint density at radius 1 is 1.33 bits per heavy atom. The molecule has 0 aliphatic carbocycles. The minimum absolute atomic E-state index is 0.0271. The van der Waals surface area contributed by atoms with Crippen LogP contribution < -0.4 is 11.1 Å². The Kier molecular flexibility index (Phi) is 3.84. The van der Waals surface area contributed by atoms with E-state index in [9.17, 15) is 19.3 Å². The number of nitro benzene ring substituents is 1. The number of aryl methyl sites for hydroxylation is 1. The largest absolute Gasteiger partial charge is 0.396 e. The highest BCUT2D eigenvalue weighted by molar-refractivity contribution is 6.08. The van der Waals surface area contributed by atoms with Crippen molar-refractivity contribution in [2.45, 2.75) is 6.92 Å². The molecule has 0 aliphatic heterocycles. The molecular weight excluding hydrogens is 277 g/mol. The molecule has 7 heteroatoms. The van der Waals surface area contributed by atoms with Crippen LogP contribution >= 0.6 is 0 Å². The molecule has 21 heavy (non-hydrogen) atoms. The predicted molar refractivity (Wildman–Crippen MR) is 76.6 cm³/mol. The van der Waals surface area contributed by atoms with Gasteiger partial charge in [0.15, 0.2) is 0 Å². The number of nitrogens with zero attached hydrogens (tertiary/aromatic N) is 1. The number of halogens is 1. The van der Waals surface area contributed by atoms with Crippen molar-refractivity contribution in [2.24, 2.45) is 0 Å². The SMILES string of the molecule is Cc1ccc(NC(=O)c2cccc(F)c2N)c([N+](=O)[O-])c1. The van der Waals surface area contributed by atoms with Crippen LogP contribution in [-0.4, -0.2) is 10.8 Å². The van der Waals surface area contributed by atoms with Crippen LogP contribution in [0.5, 0.6) is 0 Å². The van der Waals surface area contributed by atoms with Gasteiger partial charge >= 0.3 is 0 Å². The third-order valence-electron chi connectivity index (χ3n) is 2.90. The maximum atomic E-state index is 13.3. The molecule has 0 fully saturated rings. The van der Waals surface area contributed by atoms with Crippen LogP contribution in [0.1, 0.15) is 15.9 Å². The standard InChI is InChI=1S/C14H12FN3O3/c1-8-5-6-11(12(7-8)18(20)21)17-14(19)9-3-2-4-10(15)13(9)16/h2-7H,16H2,1H3,(H,17,19). The lowest BCUT2D eigenvalue weighted by Crippen LogP contribution is -2.15. The van der Waals surface area contributed by atoms with Gasteiger partial charge in [0.2, 0.25) is 0 Å². The van der Waals surface area contributed by atoms with E-state index in [4.69, 9.17) is 5.73 Å². The van der Waals surface area contributed by atoms with Gasteiger partial charge in [-0.25, -0.2) is 4.39 Å². The van der Waals surface area contributed by atoms with Crippen molar-refractivity contribution in [1.82, 2.24) is 0 Å². The number of nitro groups is 1. The number of nitrogens with two attached hydrogens (primary N) is 1. The van der Waals surface area contributed by atoms with Gasteiger partial charge < -0.3 is 11.1 Å². The van der Waals surface area contributed by atoms with E-state index < -0.39 is 16.6 Å². The predicted octanol–water partition coefficient (Wildman–Crippen LogP) is 2.88. The highest BCUT2D eigenvalue weighted by Crippen LogP contribution is 2.26. The third-order valence-corrected chi connectivity index (χ3v) is 2.90. The number of hydrogen-bond donors (Lipinski definition) is 2. The van der Waals surface area contributed by atoms with E-state index in [1.54, 1.807) is 13.0 Å². The molecule has 2 rings (SSSR count). The number of amides is 1. The number of hydrogen-bond acceptors (Lipinski definition) is 4. The summed E-state index contributed by atoms with van der Waals surface area (Å²) in [7, 11) is 0. The second kappa shape index (κ2) is 5.58. The zero-order valence-electron chi connectivity index (χ0n) is 11.1. The number of rotatable bonds is 3. The number of anilines is 2. The van der Waals surface area contributed by atoms with Crippen molar-refractivity contribution < 1.29 is 14.1 Å². The van der Waals surface area contributed by atoms with Gasteiger partial charge in [0.1, 0.15) is 11.5 Å². The molecule has 0 saturated heterocycles. The van der Waals surface area contributed by atoms with E-state index >= 15 is 0 Å². The monoisotopic (exact) mass is 289 g/mol. The van der Waals surface area contributed by atoms with E-state index in [-0.39, 0.29) is 22.6 Å². The molecule has 0 saturated carbocycles. The minimum Gasteiger partial charge on any atom is -0.396 e. The van der Waals surface area contributed by atoms with E-state index in [2.05, 4.69) is 5.32 Å². The average Bonchev–Trinajstić information content (AvgIpc) is 2.43. The summed E-state index contributed by atoms with van der Waals surface area (Å²) in [5, 5.41) is 13.4. The molecule has 0 unspecified atom stereocenters. The summed E-state index contributed by atoms with van der Waals surface area (Å²) in [6, 6.07) is 8.18. The quantitative estimate of drug-likeness (QED) is 0.515. The Balaban J connectivity index is 2.36. The lowest BCUT2D eigenvalue weighted by atomic mass is 10.1. The fraction of sp³-hybridized carbons (Fsp3) is 0.0714. The second-order valence-corrected chi connectivity index (χ2v) is 4.43. The van der Waals surface area contributed by atoms with Crippen LogP contribution in [0.4, 0.5) is 21.5 Å². The molecule has 0 aliphatic rings. The fourth-order valence-electron chi connectivity index (χ4n) is 1.82. The van der Waals surface area contributed by atoms with Crippen molar-refractivity contribution in [3.05, 3.63) is 63.5 Å². The molecule has 1 amide bonds. The van der Waals surface area contributed by atoms with Gasteiger partial charge in [-0.1, -0.05) is 12.1 Å². The molecule has 108 valence electrons. The topological polar surface area (TPSA) is 98.3 Å². The van der Waals surface area contributed by atoms with Crippen molar-refractivity contribution >= 4 is 23.0 Å². The highest BCUT2D eigenvalue weighted by Gasteiger charge is 2.18. The molecule has 0 bridgehead atoms. The first-order chi connectivity index (χ1) is 9.90. The first-order valence-electron chi connectivity index (χ1n) is 6.00. The molecule has 0 radical (unpaired) electrons. The van der Waals surface area contributed by atoms with Gasteiger partial charge in [-0.2, -0.15) is 0 Å². The van der Waals surface area contributed by atoms with Crippen molar-refractivity contribution in [2.75, 3.05) is 11.1 Å². The molecule has 0 aromatic heterocycles. The van der Waals surface area contributed by atoms with Crippen LogP contribution in [0.3, 0.4) is 0 Å². The molecular formula is C14H12FN3O3. The lowest BCUT2D eigenvalue weighted by Gasteiger charge is -2.09. The third kappa shape index (κ3) is 2.97. The van der Waals surface area contributed by atoms with Gasteiger partial charge in [-0.3, -0.25) is 14.9 Å². The van der Waals surface area contributed by atoms with Gasteiger partial charge in [0, 0.05) is 6.07 Å². The van der Waals surface area contributed by atoms with Crippen molar-refractivity contribution in [1.29, 1.82) is 0 Å². The van der Waals surface area contributed by atoms with E-state index in [1.807, 2.05) is 0 Å². The highest BCUT2D eigenvalue weighted by atomic mass is 19.1. The smallest absolute Gasteiger partial charge is 0.293 e. The zero-order chi connectivity index (χ0) is 15.6. The molecule has 6 nitrogen and oxygen atoms in total. The maximum absolute atomic E-state index is 13.3. The first kappa shape index (κ1) is 14.4. The summed E-state index contributed by atoms with van der Waals surface area (Å²) in [6.45, 7) is 1.70. The van der Waals surface area contributed by atoms with Gasteiger partial charge in [-0.05, 0) is 30.7 Å². The Morgan fingerprint density at radius 3 is 2.71 bits per heavy atom. The lowest BCUT2D eigenvalue weighted by molar-refractivity contribution is -0.384. The van der Waals surface area contributed by atoms with Gasteiger partial charge in [-0.15, -0.1) is 0 Å². The van der Waals surface area contributed by atoms with Crippen LogP contribution in [0.2, 0.25) is 0 Å². The van der Waals surface area contributed by atoms with Gasteiger partial charge in [0.25, 0.3) is 11.6 Å². The summed E-state index contributed by atoms with van der Waals surface area (Å²) >= 11 is 0. The normalized spacial score (nSPS) is 10.2. The second-order valence-electron chi connectivity index (χ2n) is 4.43. The van der Waals surface area contributed by atoms with E-state index in [1.165, 1.54) is 24.3 Å². The summed E-state index contributed by atoms with van der Waals surface area (Å²) in [5.41, 5.74) is 5.58. The number of para-hydroxylation sites is 1. The molecule has 2 aromatic carbocycles. The number of carbonyl (C=O) groups excluding carboxylic acids is 1.